The predicted molar refractivity (Wildman–Crippen MR) is 120 cm³/mol. The molecule has 0 radical (unpaired) electrons. The molecule has 4 heterocycles. The minimum absolute atomic E-state index is 0.0398. The zero-order chi connectivity index (χ0) is 21.7. The van der Waals surface area contributed by atoms with Gasteiger partial charge in [0.05, 0.1) is 11.9 Å². The summed E-state index contributed by atoms with van der Waals surface area (Å²) in [5.74, 6) is 1.05. The number of anilines is 1. The van der Waals surface area contributed by atoms with E-state index in [-0.39, 0.29) is 11.7 Å². The van der Waals surface area contributed by atoms with Crippen molar-refractivity contribution >= 4 is 17.2 Å². The smallest absolute Gasteiger partial charge is 0.183 e. The molecule has 0 atom stereocenters. The lowest BCUT2D eigenvalue weighted by atomic mass is 10.0. The quantitative estimate of drug-likeness (QED) is 0.480. The molecule has 0 saturated heterocycles. The number of rotatable bonds is 5. The summed E-state index contributed by atoms with van der Waals surface area (Å²) >= 11 is 0. The standard InChI is InChI=1S/C24H26N6O/c1-5-20(31)23-22(14(2)3)24-27-21(9-19(30(24)28-23)18-10-25-26-11-18)29-12-16-7-6-15(4)8-17(16)13-29/h6-11,14H,5,12-13H2,1-4H3,(H,25,26). The summed E-state index contributed by atoms with van der Waals surface area (Å²) < 4.78 is 1.81. The number of aromatic nitrogens is 5. The molecule has 0 bridgehead atoms. The number of aryl methyl sites for hydroxylation is 1. The van der Waals surface area contributed by atoms with Crippen LogP contribution < -0.4 is 4.90 Å². The van der Waals surface area contributed by atoms with Crippen molar-refractivity contribution in [1.82, 2.24) is 24.8 Å². The fourth-order valence-corrected chi connectivity index (χ4v) is 4.37. The normalized spacial score (nSPS) is 13.4. The molecule has 0 fully saturated rings. The second kappa shape index (κ2) is 7.34. The number of hydrogen-bond acceptors (Lipinski definition) is 5. The lowest BCUT2D eigenvalue weighted by Crippen LogP contribution is -2.17. The van der Waals surface area contributed by atoms with Gasteiger partial charge in [-0.15, -0.1) is 0 Å². The van der Waals surface area contributed by atoms with Crippen molar-refractivity contribution < 1.29 is 4.79 Å². The molecule has 4 aromatic rings. The number of nitrogens with one attached hydrogen (secondary N) is 1. The molecule has 1 aliphatic rings. The van der Waals surface area contributed by atoms with E-state index in [9.17, 15) is 4.79 Å². The maximum atomic E-state index is 12.7. The lowest BCUT2D eigenvalue weighted by Gasteiger charge is -2.18. The summed E-state index contributed by atoms with van der Waals surface area (Å²) in [4.78, 5) is 20.0. The third-order valence-corrected chi connectivity index (χ3v) is 5.98. The van der Waals surface area contributed by atoms with Gasteiger partial charge in [-0.25, -0.2) is 9.50 Å². The summed E-state index contributed by atoms with van der Waals surface area (Å²) in [7, 11) is 0. The summed E-state index contributed by atoms with van der Waals surface area (Å²) in [6.45, 7) is 9.80. The first-order chi connectivity index (χ1) is 15.0. The number of hydrogen-bond donors (Lipinski definition) is 1. The third-order valence-electron chi connectivity index (χ3n) is 5.98. The van der Waals surface area contributed by atoms with Crippen LogP contribution in [0.3, 0.4) is 0 Å². The monoisotopic (exact) mass is 414 g/mol. The molecule has 7 nitrogen and oxygen atoms in total. The Kier molecular flexibility index (Phi) is 4.61. The average Bonchev–Trinajstić information content (AvgIpc) is 3.49. The Morgan fingerprint density at radius 2 is 2.00 bits per heavy atom. The maximum absolute atomic E-state index is 12.7. The van der Waals surface area contributed by atoms with E-state index in [4.69, 9.17) is 10.1 Å². The molecule has 1 N–H and O–H groups in total. The first-order valence-corrected chi connectivity index (χ1v) is 10.8. The largest absolute Gasteiger partial charge is 0.348 e. The topological polar surface area (TPSA) is 79.2 Å². The minimum Gasteiger partial charge on any atom is -0.348 e. The van der Waals surface area contributed by atoms with Gasteiger partial charge in [0.25, 0.3) is 0 Å². The molecule has 3 aromatic heterocycles. The van der Waals surface area contributed by atoms with E-state index in [2.05, 4.69) is 54.1 Å². The Balaban J connectivity index is 1.72. The van der Waals surface area contributed by atoms with Crippen molar-refractivity contribution in [2.45, 2.75) is 53.1 Å². The zero-order valence-corrected chi connectivity index (χ0v) is 18.3. The number of H-pyrrole nitrogens is 1. The van der Waals surface area contributed by atoms with Crippen LogP contribution in [0.25, 0.3) is 16.9 Å². The van der Waals surface area contributed by atoms with Crippen LogP contribution in [-0.2, 0) is 13.1 Å². The van der Waals surface area contributed by atoms with Crippen molar-refractivity contribution in [3.05, 3.63) is 64.6 Å². The van der Waals surface area contributed by atoms with E-state index in [1.807, 2.05) is 19.2 Å². The second-order valence-electron chi connectivity index (χ2n) is 8.54. The van der Waals surface area contributed by atoms with Crippen LogP contribution in [0.15, 0.2) is 36.7 Å². The second-order valence-corrected chi connectivity index (χ2v) is 8.54. The van der Waals surface area contributed by atoms with Crippen LogP contribution in [-0.4, -0.2) is 30.6 Å². The minimum atomic E-state index is 0.0398. The van der Waals surface area contributed by atoms with Crippen molar-refractivity contribution in [3.63, 3.8) is 0 Å². The highest BCUT2D eigenvalue weighted by molar-refractivity contribution is 5.97. The molecule has 7 heteroatoms. The summed E-state index contributed by atoms with van der Waals surface area (Å²) in [6, 6.07) is 8.66. The van der Waals surface area contributed by atoms with Gasteiger partial charge in [-0.2, -0.15) is 10.2 Å². The van der Waals surface area contributed by atoms with Gasteiger partial charge in [-0.3, -0.25) is 9.89 Å². The van der Waals surface area contributed by atoms with Crippen molar-refractivity contribution in [2.24, 2.45) is 0 Å². The molecule has 1 aromatic carbocycles. The van der Waals surface area contributed by atoms with Gasteiger partial charge in [0.15, 0.2) is 11.4 Å². The number of ketones is 1. The fourth-order valence-electron chi connectivity index (χ4n) is 4.37. The van der Waals surface area contributed by atoms with Crippen LogP contribution in [0, 0.1) is 6.92 Å². The number of benzene rings is 1. The molecule has 0 unspecified atom stereocenters. The zero-order valence-electron chi connectivity index (χ0n) is 18.3. The van der Waals surface area contributed by atoms with Crippen LogP contribution in [0.2, 0.25) is 0 Å². The maximum Gasteiger partial charge on any atom is 0.183 e. The first kappa shape index (κ1) is 19.5. The molecular weight excluding hydrogens is 388 g/mol. The summed E-state index contributed by atoms with van der Waals surface area (Å²) in [5.41, 5.74) is 7.89. The molecule has 5 rings (SSSR count). The summed E-state index contributed by atoms with van der Waals surface area (Å²) in [5, 5.41) is 11.7. The highest BCUT2D eigenvalue weighted by Gasteiger charge is 2.27. The number of carbonyl (C=O) groups is 1. The van der Waals surface area contributed by atoms with E-state index in [1.165, 1.54) is 16.7 Å². The molecule has 0 spiro atoms. The molecule has 158 valence electrons. The van der Waals surface area contributed by atoms with Crippen LogP contribution in [0.4, 0.5) is 5.82 Å². The van der Waals surface area contributed by atoms with Gasteiger partial charge >= 0.3 is 0 Å². The van der Waals surface area contributed by atoms with E-state index >= 15 is 0 Å². The summed E-state index contributed by atoms with van der Waals surface area (Å²) in [6.07, 6.45) is 4.04. The van der Waals surface area contributed by atoms with Gasteiger partial charge in [-0.05, 0) is 24.0 Å². The average molecular weight is 415 g/mol. The fraction of sp³-hybridized carbons (Fsp3) is 0.333. The number of fused-ring (bicyclic) bond motifs is 2. The van der Waals surface area contributed by atoms with Gasteiger partial charge in [0.2, 0.25) is 0 Å². The Hall–Kier alpha value is -3.48. The first-order valence-electron chi connectivity index (χ1n) is 10.8. The number of Topliss-reactive ketones (excluding diaryl/α,β-unsaturated/α-hetero) is 1. The van der Waals surface area contributed by atoms with Gasteiger partial charge in [-0.1, -0.05) is 44.5 Å². The third kappa shape index (κ3) is 3.21. The SMILES string of the molecule is CCC(=O)c1nn2c(-c3cn[nH]c3)cc(N3Cc4ccc(C)cc4C3)nc2c1C(C)C. The van der Waals surface area contributed by atoms with E-state index in [0.717, 1.165) is 41.4 Å². The molecule has 0 aliphatic carbocycles. The van der Waals surface area contributed by atoms with Gasteiger partial charge in [0.1, 0.15) is 11.5 Å². The number of aromatic amines is 1. The highest BCUT2D eigenvalue weighted by atomic mass is 16.1. The molecule has 0 amide bonds. The van der Waals surface area contributed by atoms with Crippen molar-refractivity contribution in [3.8, 4) is 11.3 Å². The Bertz CT molecular complexity index is 1290. The predicted octanol–water partition coefficient (Wildman–Crippen LogP) is 4.66. The molecule has 31 heavy (non-hydrogen) atoms. The van der Waals surface area contributed by atoms with E-state index in [0.29, 0.717) is 12.1 Å². The van der Waals surface area contributed by atoms with Crippen LogP contribution in [0.5, 0.6) is 0 Å². The van der Waals surface area contributed by atoms with Crippen LogP contribution >= 0.6 is 0 Å². The van der Waals surface area contributed by atoms with Gasteiger partial charge < -0.3 is 4.90 Å². The highest BCUT2D eigenvalue weighted by Crippen LogP contribution is 2.34. The Morgan fingerprint density at radius 3 is 2.71 bits per heavy atom. The molecular formula is C24H26N6O. The van der Waals surface area contributed by atoms with Gasteiger partial charge in [0, 0.05) is 42.9 Å². The Morgan fingerprint density at radius 1 is 1.19 bits per heavy atom. The Labute approximate surface area is 181 Å². The number of carbonyl (C=O) groups excluding carboxylic acids is 1. The van der Waals surface area contributed by atoms with Crippen LogP contribution in [0.1, 0.15) is 65.9 Å². The lowest BCUT2D eigenvalue weighted by molar-refractivity contribution is 0.0982. The van der Waals surface area contributed by atoms with E-state index in [1.54, 1.807) is 10.7 Å². The van der Waals surface area contributed by atoms with Crippen molar-refractivity contribution in [2.75, 3.05) is 4.90 Å². The molecule has 0 saturated carbocycles. The number of nitrogens with zero attached hydrogens (tertiary/aromatic N) is 5. The van der Waals surface area contributed by atoms with E-state index < -0.39 is 0 Å². The molecule has 1 aliphatic heterocycles. The van der Waals surface area contributed by atoms with Crippen molar-refractivity contribution in [1.29, 1.82) is 0 Å².